The van der Waals surface area contributed by atoms with Crippen LogP contribution >= 0.6 is 0 Å². The van der Waals surface area contributed by atoms with Crippen molar-refractivity contribution in [3.63, 3.8) is 0 Å². The number of carboxylic acids is 1. The van der Waals surface area contributed by atoms with E-state index >= 15 is 0 Å². The third-order valence-corrected chi connectivity index (χ3v) is 4.30. The quantitative estimate of drug-likeness (QED) is 0.815. The van der Waals surface area contributed by atoms with E-state index < -0.39 is 11.4 Å². The molecule has 1 N–H and O–H groups in total. The maximum Gasteiger partial charge on any atom is 0.311 e. The third kappa shape index (κ3) is 3.91. The van der Waals surface area contributed by atoms with Gasteiger partial charge in [0.25, 0.3) is 0 Å². The van der Waals surface area contributed by atoms with Crippen molar-refractivity contribution in [3.8, 4) is 0 Å². The lowest BCUT2D eigenvalue weighted by Gasteiger charge is -2.37. The fraction of sp³-hybridized carbons (Fsp3) is 0.929. The highest BCUT2D eigenvalue weighted by molar-refractivity contribution is 5.75. The lowest BCUT2D eigenvalue weighted by atomic mass is 9.79. The molecule has 2 aliphatic rings. The van der Waals surface area contributed by atoms with E-state index in [1.54, 1.807) is 0 Å². The van der Waals surface area contributed by atoms with Crippen molar-refractivity contribution in [2.75, 3.05) is 46.6 Å². The maximum atomic E-state index is 11.6. The van der Waals surface area contributed by atoms with Crippen molar-refractivity contribution in [2.24, 2.45) is 11.3 Å². The fourth-order valence-electron chi connectivity index (χ4n) is 3.18. The van der Waals surface area contributed by atoms with Crippen molar-refractivity contribution in [1.82, 2.24) is 4.90 Å². The Morgan fingerprint density at radius 3 is 2.63 bits per heavy atom. The van der Waals surface area contributed by atoms with Gasteiger partial charge in [-0.1, -0.05) is 0 Å². The topological polar surface area (TPSA) is 59.0 Å². The molecular weight excluding hydrogens is 246 g/mol. The standard InChI is InChI=1S/C14H25NO4/c1-15(9-12-3-2-6-19-10-12)11-14(13(16)17)4-7-18-8-5-14/h12H,2-11H2,1H3,(H,16,17). The highest BCUT2D eigenvalue weighted by atomic mass is 16.5. The molecule has 0 aromatic heterocycles. The molecule has 2 aliphatic heterocycles. The first-order valence-electron chi connectivity index (χ1n) is 7.20. The van der Waals surface area contributed by atoms with Crippen LogP contribution in [0.3, 0.4) is 0 Å². The zero-order chi connectivity index (χ0) is 13.7. The van der Waals surface area contributed by atoms with E-state index in [1.165, 1.54) is 6.42 Å². The highest BCUT2D eigenvalue weighted by Gasteiger charge is 2.41. The highest BCUT2D eigenvalue weighted by Crippen LogP contribution is 2.32. The van der Waals surface area contributed by atoms with Gasteiger partial charge >= 0.3 is 5.97 Å². The minimum atomic E-state index is -0.678. The summed E-state index contributed by atoms with van der Waals surface area (Å²) in [7, 11) is 2.02. The predicted molar refractivity (Wildman–Crippen MR) is 71.2 cm³/mol. The van der Waals surface area contributed by atoms with E-state index in [-0.39, 0.29) is 0 Å². The van der Waals surface area contributed by atoms with Crippen LogP contribution < -0.4 is 0 Å². The number of aliphatic carboxylic acids is 1. The Labute approximate surface area is 114 Å². The number of hydrogen-bond acceptors (Lipinski definition) is 4. The Morgan fingerprint density at radius 1 is 1.32 bits per heavy atom. The second-order valence-corrected chi connectivity index (χ2v) is 5.98. The molecule has 5 nitrogen and oxygen atoms in total. The molecule has 19 heavy (non-hydrogen) atoms. The van der Waals surface area contributed by atoms with E-state index in [0.29, 0.717) is 38.5 Å². The monoisotopic (exact) mass is 271 g/mol. The van der Waals surface area contributed by atoms with Gasteiger partial charge in [0.2, 0.25) is 0 Å². The number of carbonyl (C=O) groups is 1. The van der Waals surface area contributed by atoms with Gasteiger partial charge in [0.05, 0.1) is 12.0 Å². The molecule has 110 valence electrons. The molecule has 2 rings (SSSR count). The maximum absolute atomic E-state index is 11.6. The van der Waals surface area contributed by atoms with Crippen LogP contribution in [-0.2, 0) is 14.3 Å². The Hall–Kier alpha value is -0.650. The van der Waals surface area contributed by atoms with Gasteiger partial charge in [-0.3, -0.25) is 4.79 Å². The Bertz CT molecular complexity index is 296. The minimum absolute atomic E-state index is 0.546. The molecule has 2 heterocycles. The largest absolute Gasteiger partial charge is 0.481 e. The first-order chi connectivity index (χ1) is 9.12. The second-order valence-electron chi connectivity index (χ2n) is 5.98. The van der Waals surface area contributed by atoms with Gasteiger partial charge in [0.1, 0.15) is 0 Å². The molecule has 2 saturated heterocycles. The Kier molecular flexibility index (Phi) is 5.19. The zero-order valence-corrected chi connectivity index (χ0v) is 11.8. The van der Waals surface area contributed by atoms with Gasteiger partial charge in [-0.05, 0) is 38.6 Å². The molecular formula is C14H25NO4. The summed E-state index contributed by atoms with van der Waals surface area (Å²) >= 11 is 0. The van der Waals surface area contributed by atoms with Crippen LogP contribution in [-0.4, -0.2) is 62.5 Å². The molecule has 0 spiro atoms. The van der Waals surface area contributed by atoms with Crippen molar-refractivity contribution in [1.29, 1.82) is 0 Å². The van der Waals surface area contributed by atoms with Crippen LogP contribution in [0.15, 0.2) is 0 Å². The SMILES string of the molecule is CN(CC1CCCOC1)CC1(C(=O)O)CCOCC1. The number of hydrogen-bond donors (Lipinski definition) is 1. The van der Waals surface area contributed by atoms with Gasteiger partial charge in [-0.2, -0.15) is 0 Å². The summed E-state index contributed by atoms with van der Waals surface area (Å²) in [4.78, 5) is 13.8. The number of nitrogens with zero attached hydrogens (tertiary/aromatic N) is 1. The third-order valence-electron chi connectivity index (χ3n) is 4.30. The van der Waals surface area contributed by atoms with Crippen LogP contribution in [0, 0.1) is 11.3 Å². The van der Waals surface area contributed by atoms with Crippen LogP contribution in [0.4, 0.5) is 0 Å². The van der Waals surface area contributed by atoms with E-state index in [1.807, 2.05) is 7.05 Å². The molecule has 0 radical (unpaired) electrons. The van der Waals surface area contributed by atoms with Crippen LogP contribution in [0.5, 0.6) is 0 Å². The van der Waals surface area contributed by atoms with Gasteiger partial charge < -0.3 is 19.5 Å². The summed E-state index contributed by atoms with van der Waals surface area (Å²) in [6.07, 6.45) is 3.55. The zero-order valence-electron chi connectivity index (χ0n) is 11.8. The Morgan fingerprint density at radius 2 is 2.05 bits per heavy atom. The Balaban J connectivity index is 1.87. The molecule has 0 aromatic carbocycles. The van der Waals surface area contributed by atoms with Crippen LogP contribution in [0.2, 0.25) is 0 Å². The van der Waals surface area contributed by atoms with E-state index in [2.05, 4.69) is 4.90 Å². The van der Waals surface area contributed by atoms with Gasteiger partial charge in [-0.15, -0.1) is 0 Å². The summed E-state index contributed by atoms with van der Waals surface area (Å²) in [6.45, 7) is 4.35. The smallest absolute Gasteiger partial charge is 0.311 e. The molecule has 0 aliphatic carbocycles. The van der Waals surface area contributed by atoms with Crippen molar-refractivity contribution in [2.45, 2.75) is 25.7 Å². The first kappa shape index (κ1) is 14.8. The lowest BCUT2D eigenvalue weighted by Crippen LogP contribution is -2.47. The number of rotatable bonds is 5. The van der Waals surface area contributed by atoms with E-state index in [4.69, 9.17) is 9.47 Å². The molecule has 1 unspecified atom stereocenters. The summed E-state index contributed by atoms with van der Waals surface area (Å²) in [5.41, 5.74) is -0.622. The molecule has 0 aromatic rings. The van der Waals surface area contributed by atoms with Crippen molar-refractivity contribution < 1.29 is 19.4 Å². The minimum Gasteiger partial charge on any atom is -0.481 e. The van der Waals surface area contributed by atoms with E-state index in [0.717, 1.165) is 26.2 Å². The molecule has 0 saturated carbocycles. The molecule has 2 fully saturated rings. The summed E-state index contributed by atoms with van der Waals surface area (Å²) in [6, 6.07) is 0. The normalized spacial score (nSPS) is 27.4. The van der Waals surface area contributed by atoms with Crippen molar-refractivity contribution >= 4 is 5.97 Å². The van der Waals surface area contributed by atoms with Gasteiger partial charge in [-0.25, -0.2) is 0 Å². The average molecular weight is 271 g/mol. The van der Waals surface area contributed by atoms with Crippen LogP contribution in [0.1, 0.15) is 25.7 Å². The number of ether oxygens (including phenoxy) is 2. The summed E-state index contributed by atoms with van der Waals surface area (Å²) < 4.78 is 10.8. The molecule has 5 heteroatoms. The molecule has 0 bridgehead atoms. The summed E-state index contributed by atoms with van der Waals surface area (Å²) in [5, 5.41) is 9.54. The van der Waals surface area contributed by atoms with Crippen molar-refractivity contribution in [3.05, 3.63) is 0 Å². The molecule has 0 amide bonds. The number of carboxylic acid groups (broad SMARTS) is 1. The summed E-state index contributed by atoms with van der Waals surface area (Å²) in [5.74, 6) is -0.132. The van der Waals surface area contributed by atoms with Gasteiger partial charge in [0, 0.05) is 32.9 Å². The van der Waals surface area contributed by atoms with E-state index in [9.17, 15) is 9.90 Å². The average Bonchev–Trinajstić information content (AvgIpc) is 2.40. The second kappa shape index (κ2) is 6.68. The fourth-order valence-corrected chi connectivity index (χ4v) is 3.18. The van der Waals surface area contributed by atoms with Crippen LogP contribution in [0.25, 0.3) is 0 Å². The molecule has 1 atom stereocenters. The van der Waals surface area contributed by atoms with Gasteiger partial charge in [0.15, 0.2) is 0 Å². The predicted octanol–water partition coefficient (Wildman–Crippen LogP) is 1.23. The first-order valence-corrected chi connectivity index (χ1v) is 7.20. The lowest BCUT2D eigenvalue weighted by molar-refractivity contribution is -0.156.